The van der Waals surface area contributed by atoms with E-state index < -0.39 is 22.2 Å². The molecule has 4 aromatic rings. The van der Waals surface area contributed by atoms with Gasteiger partial charge in [0.1, 0.15) is 22.4 Å². The van der Waals surface area contributed by atoms with Gasteiger partial charge in [-0.3, -0.25) is 24.3 Å². The Hall–Kier alpha value is -4.47. The van der Waals surface area contributed by atoms with Crippen LogP contribution in [-0.2, 0) is 41.2 Å². The molecule has 4 saturated heterocycles. The van der Waals surface area contributed by atoms with Crippen LogP contribution in [-0.4, -0.2) is 111 Å². The lowest BCUT2D eigenvalue weighted by atomic mass is 10.1. The summed E-state index contributed by atoms with van der Waals surface area (Å²) in [5.41, 5.74) is 4.71. The Balaban J connectivity index is 0.000000235. The Morgan fingerprint density at radius 2 is 1.06 bits per heavy atom. The molecule has 6 unspecified atom stereocenters. The Morgan fingerprint density at radius 1 is 0.662 bits per heavy atom. The van der Waals surface area contributed by atoms with Crippen LogP contribution < -0.4 is 13.7 Å². The van der Waals surface area contributed by atoms with Crippen molar-refractivity contribution in [3.05, 3.63) is 119 Å². The van der Waals surface area contributed by atoms with Crippen molar-refractivity contribution < 1.29 is 35.8 Å². The fourth-order valence-electron chi connectivity index (χ4n) is 7.39. The second kappa shape index (κ2) is 27.2. The Morgan fingerprint density at radius 3 is 1.42 bits per heavy atom. The highest BCUT2D eigenvalue weighted by atomic mass is 79.9. The monoisotopic (exact) mass is 993 g/mol. The zero-order valence-corrected chi connectivity index (χ0v) is 40.5. The number of benzene rings is 4. The molecule has 1 N–H and O–H groups in total. The molecule has 0 spiro atoms. The van der Waals surface area contributed by atoms with Crippen molar-refractivity contribution in [2.75, 3.05) is 65.6 Å². The van der Waals surface area contributed by atoms with Crippen molar-refractivity contribution in [2.24, 2.45) is 0 Å². The number of hydrogen-bond donors (Lipinski definition) is 1. The van der Waals surface area contributed by atoms with E-state index in [2.05, 4.69) is 66.7 Å². The molecule has 4 aliphatic heterocycles. The smallest absolute Gasteiger partial charge is 0.323 e. The third-order valence-electron chi connectivity index (χ3n) is 11.3. The molecule has 0 radical (unpaired) electrons. The van der Waals surface area contributed by atoms with E-state index in [1.165, 1.54) is 18.1 Å². The van der Waals surface area contributed by atoms with Gasteiger partial charge >= 0.3 is 11.9 Å². The van der Waals surface area contributed by atoms with Crippen LogP contribution >= 0.6 is 15.9 Å². The highest BCUT2D eigenvalue weighted by molar-refractivity contribution is 9.10. The fourth-order valence-corrected chi connectivity index (χ4v) is 9.19. The number of cyclic esters (lactones) is 2. The number of nitrogens with zero attached hydrogens (tertiary/aromatic N) is 4. The number of aryl methyl sites for hydroxylation is 2. The zero-order valence-electron chi connectivity index (χ0n) is 37.3. The minimum Gasteiger partial charge on any atom is -0.465 e. The van der Waals surface area contributed by atoms with Gasteiger partial charge in [0.05, 0.1) is 29.1 Å². The number of esters is 2. The number of halogens is 1. The van der Waals surface area contributed by atoms with Gasteiger partial charge in [0, 0.05) is 84.2 Å². The first kappa shape index (κ1) is 53.1. The number of nitriles is 1. The molecule has 16 heteroatoms. The first-order chi connectivity index (χ1) is 30.9. The number of carbonyl (C=O) groups excluding carboxylic acids is 2. The summed E-state index contributed by atoms with van der Waals surface area (Å²) in [6, 6.07) is 33.2. The maximum atomic E-state index is 12.4. The Labute approximate surface area is 399 Å². The summed E-state index contributed by atoms with van der Waals surface area (Å²) in [5, 5.41) is 10.7. The molecular weight excluding hydrogens is 931 g/mol. The molecular formula is C49H64BrN5O8S2. The molecule has 8 rings (SSSR count). The van der Waals surface area contributed by atoms with Crippen LogP contribution in [0.3, 0.4) is 0 Å². The minimum absolute atomic E-state index is 0. The minimum atomic E-state index is -1.53. The summed E-state index contributed by atoms with van der Waals surface area (Å²) < 4.78 is 45.5. The maximum absolute atomic E-state index is 12.4. The molecule has 0 aliphatic carbocycles. The maximum Gasteiger partial charge on any atom is 0.323 e. The summed E-state index contributed by atoms with van der Waals surface area (Å²) in [5.74, 6) is 1.02. The van der Waals surface area contributed by atoms with Crippen LogP contribution in [0.5, 0.6) is 11.5 Å². The third-order valence-corrected chi connectivity index (χ3v) is 14.1. The second-order valence-corrected chi connectivity index (χ2v) is 19.0. The van der Waals surface area contributed by atoms with Gasteiger partial charge in [-0.25, -0.2) is 8.42 Å². The molecule has 65 heavy (non-hydrogen) atoms. The number of nitrogens with one attached hydrogen (secondary N) is 1. The number of piperazine rings is 2. The molecule has 0 amide bonds. The zero-order chi connectivity index (χ0) is 46.0. The number of carbonyl (C=O) groups is 2. The standard InChI is InChI=1S/C23H28N2O4S.C19H24N2O2S.C4H5BrO2.C2H3N.CH4/c1-17-3-9-21(10-4-17)30(27)29-20-7-5-19(6-8-20)18(2)24-12-14-25(15-13-24)22-11-16-28-23(22)26;1-15-3-9-19(10-4-15)24(22)23-18-7-5-17(6-8-18)16(2)21-13-11-20-12-14-21;5-3-1-2-7-4(3)6;1-2-3;/h3-10,18,22H,11-16H2,1-2H3;3-10,16,20H,11-14H2,1-2H3;3H,1-2H2;1H3;1H4. The molecule has 4 aromatic carbocycles. The number of ether oxygens (including phenoxy) is 2. The van der Waals surface area contributed by atoms with Gasteiger partial charge in [0.25, 0.3) is 0 Å². The van der Waals surface area contributed by atoms with Crippen LogP contribution in [0.25, 0.3) is 0 Å². The van der Waals surface area contributed by atoms with Crippen molar-refractivity contribution in [1.29, 1.82) is 5.26 Å². The molecule has 4 heterocycles. The van der Waals surface area contributed by atoms with E-state index in [9.17, 15) is 18.0 Å². The Kier molecular flexibility index (Phi) is 22.3. The number of alkyl halides is 1. The van der Waals surface area contributed by atoms with Crippen LogP contribution in [0.15, 0.2) is 107 Å². The first-order valence-electron chi connectivity index (χ1n) is 21.6. The predicted molar refractivity (Wildman–Crippen MR) is 259 cm³/mol. The lowest BCUT2D eigenvalue weighted by Gasteiger charge is -2.39. The van der Waals surface area contributed by atoms with E-state index in [-0.39, 0.29) is 36.3 Å². The van der Waals surface area contributed by atoms with Gasteiger partial charge in [-0.2, -0.15) is 5.26 Å². The molecule has 0 aromatic heterocycles. The summed E-state index contributed by atoms with van der Waals surface area (Å²) in [4.78, 5) is 30.6. The topological polar surface area (TPSA) is 151 Å². The summed E-state index contributed by atoms with van der Waals surface area (Å²) in [6.07, 6.45) is 1.62. The van der Waals surface area contributed by atoms with Gasteiger partial charge in [0.2, 0.25) is 22.2 Å². The molecule has 0 saturated carbocycles. The van der Waals surface area contributed by atoms with Gasteiger partial charge in [-0.05, 0) is 87.4 Å². The highest BCUT2D eigenvalue weighted by Gasteiger charge is 2.35. The van der Waals surface area contributed by atoms with Crippen molar-refractivity contribution in [3.8, 4) is 17.6 Å². The molecule has 13 nitrogen and oxygen atoms in total. The molecule has 4 fully saturated rings. The first-order valence-corrected chi connectivity index (χ1v) is 24.7. The Bertz CT molecular complexity index is 2160. The second-order valence-electron chi connectivity index (χ2n) is 15.7. The van der Waals surface area contributed by atoms with Crippen molar-refractivity contribution in [2.45, 2.75) is 87.6 Å². The van der Waals surface area contributed by atoms with Gasteiger partial charge < -0.3 is 23.2 Å². The fraction of sp³-hybridized carbons (Fsp3) is 0.449. The molecule has 352 valence electrons. The summed E-state index contributed by atoms with van der Waals surface area (Å²) >= 11 is 0.120. The van der Waals surface area contributed by atoms with Gasteiger partial charge in [0.15, 0.2) is 0 Å². The van der Waals surface area contributed by atoms with Crippen LogP contribution in [0.2, 0.25) is 0 Å². The average Bonchev–Trinajstić information content (AvgIpc) is 3.93. The summed E-state index contributed by atoms with van der Waals surface area (Å²) in [7, 11) is 0. The van der Waals surface area contributed by atoms with Crippen molar-refractivity contribution >= 4 is 50.0 Å². The SMILES string of the molecule is C.CC#N.Cc1ccc(S(=O)Oc2ccc(C(C)N3CCN(C4CCOC4=O)CC3)cc2)cc1.Cc1ccc(S(=O)Oc2ccc(C(C)N3CCNCC3)cc2)cc1.O=C1OCCC1Br. The summed E-state index contributed by atoms with van der Waals surface area (Å²) in [6.45, 7) is 18.8. The highest BCUT2D eigenvalue weighted by Crippen LogP contribution is 2.27. The molecule has 6 atom stereocenters. The normalized spacial score (nSPS) is 20.4. The van der Waals surface area contributed by atoms with Crippen molar-refractivity contribution in [1.82, 2.24) is 20.0 Å². The van der Waals surface area contributed by atoms with E-state index in [0.29, 0.717) is 40.5 Å². The average molecular weight is 995 g/mol. The van der Waals surface area contributed by atoms with E-state index in [1.54, 1.807) is 6.07 Å². The molecule has 0 bridgehead atoms. The largest absolute Gasteiger partial charge is 0.465 e. The number of rotatable bonds is 11. The van der Waals surface area contributed by atoms with Crippen molar-refractivity contribution in [3.63, 3.8) is 0 Å². The van der Waals surface area contributed by atoms with E-state index in [4.69, 9.17) is 18.4 Å². The van der Waals surface area contributed by atoms with Crippen LogP contribution in [0.1, 0.15) is 75.4 Å². The van der Waals surface area contributed by atoms with Gasteiger partial charge in [-0.1, -0.05) is 83.0 Å². The predicted octanol–water partition coefficient (Wildman–Crippen LogP) is 8.02. The van der Waals surface area contributed by atoms with Gasteiger partial charge in [-0.15, -0.1) is 0 Å². The lowest BCUT2D eigenvalue weighted by Crippen LogP contribution is -2.52. The third kappa shape index (κ3) is 16.4. The number of hydrogen-bond acceptors (Lipinski definition) is 13. The van der Waals surface area contributed by atoms with Crippen LogP contribution in [0.4, 0.5) is 0 Å². The van der Waals surface area contributed by atoms with E-state index in [0.717, 1.165) is 76.3 Å². The quantitative estimate of drug-likeness (QED) is 0.114. The van der Waals surface area contributed by atoms with E-state index >= 15 is 0 Å². The van der Waals surface area contributed by atoms with E-state index in [1.807, 2.05) is 98.8 Å². The van der Waals surface area contributed by atoms with Crippen LogP contribution in [0, 0.1) is 25.2 Å². The lowest BCUT2D eigenvalue weighted by molar-refractivity contribution is -0.143. The molecule has 4 aliphatic rings.